The topological polar surface area (TPSA) is 87.3 Å². The average Bonchev–Trinajstić information content (AvgIpc) is 2.68. The minimum Gasteiger partial charge on any atom is -0.347 e. The van der Waals surface area contributed by atoms with Crippen LogP contribution in [0.3, 0.4) is 0 Å². The van der Waals surface area contributed by atoms with Crippen LogP contribution in [0.2, 0.25) is 0 Å². The van der Waals surface area contributed by atoms with Crippen LogP contribution in [0.15, 0.2) is 48.5 Å². The highest BCUT2D eigenvalue weighted by Gasteiger charge is 2.19. The van der Waals surface area contributed by atoms with Gasteiger partial charge in [-0.05, 0) is 63.9 Å². The summed E-state index contributed by atoms with van der Waals surface area (Å²) in [6.45, 7) is 9.64. The number of anilines is 2. The quantitative estimate of drug-likeness (QED) is 0.611. The number of hydrogen-bond acceptors (Lipinski definition) is 3. The maximum atomic E-state index is 12.8. The molecule has 0 atom stereocenters. The smallest absolute Gasteiger partial charge is 0.255 e. The summed E-state index contributed by atoms with van der Waals surface area (Å²) in [7, 11) is 0. The second kappa shape index (κ2) is 10.1. The molecule has 0 bridgehead atoms. The SMILES string of the molecule is CCC(CC)C(=O)Nc1cccc(C(=O)Nc2ccccc2C(=O)NC(C)(C)C)c1. The first-order chi connectivity index (χ1) is 14.1. The summed E-state index contributed by atoms with van der Waals surface area (Å²) in [6, 6.07) is 13.6. The van der Waals surface area contributed by atoms with E-state index in [0.717, 1.165) is 12.8 Å². The van der Waals surface area contributed by atoms with E-state index in [4.69, 9.17) is 0 Å². The number of rotatable bonds is 7. The molecule has 0 aliphatic carbocycles. The largest absolute Gasteiger partial charge is 0.347 e. The van der Waals surface area contributed by atoms with E-state index in [1.54, 1.807) is 48.5 Å². The highest BCUT2D eigenvalue weighted by atomic mass is 16.2. The third-order valence-corrected chi connectivity index (χ3v) is 4.66. The van der Waals surface area contributed by atoms with Crippen LogP contribution in [0.25, 0.3) is 0 Å². The lowest BCUT2D eigenvalue weighted by atomic mass is 10.0. The van der Waals surface area contributed by atoms with Crippen LogP contribution in [-0.4, -0.2) is 23.3 Å². The van der Waals surface area contributed by atoms with Crippen LogP contribution in [0.4, 0.5) is 11.4 Å². The zero-order chi connectivity index (χ0) is 22.3. The minimum atomic E-state index is -0.393. The van der Waals surface area contributed by atoms with E-state index in [2.05, 4.69) is 16.0 Å². The van der Waals surface area contributed by atoms with Gasteiger partial charge in [-0.2, -0.15) is 0 Å². The number of amides is 3. The van der Waals surface area contributed by atoms with E-state index in [9.17, 15) is 14.4 Å². The zero-order valence-corrected chi connectivity index (χ0v) is 18.3. The zero-order valence-electron chi connectivity index (χ0n) is 18.3. The predicted octanol–water partition coefficient (Wildman–Crippen LogP) is 4.84. The van der Waals surface area contributed by atoms with Crippen molar-refractivity contribution in [1.29, 1.82) is 0 Å². The van der Waals surface area contributed by atoms with Crippen molar-refractivity contribution in [3.05, 3.63) is 59.7 Å². The van der Waals surface area contributed by atoms with Gasteiger partial charge in [-0.15, -0.1) is 0 Å². The molecule has 0 radical (unpaired) electrons. The molecule has 0 saturated carbocycles. The molecule has 0 heterocycles. The summed E-state index contributed by atoms with van der Waals surface area (Å²) < 4.78 is 0. The average molecular weight is 410 g/mol. The first-order valence-corrected chi connectivity index (χ1v) is 10.3. The van der Waals surface area contributed by atoms with Gasteiger partial charge in [0.1, 0.15) is 0 Å². The molecule has 0 aliphatic heterocycles. The predicted molar refractivity (Wildman–Crippen MR) is 121 cm³/mol. The number of nitrogens with one attached hydrogen (secondary N) is 3. The highest BCUT2D eigenvalue weighted by Crippen LogP contribution is 2.19. The van der Waals surface area contributed by atoms with E-state index in [1.807, 2.05) is 34.6 Å². The summed E-state index contributed by atoms with van der Waals surface area (Å²) >= 11 is 0. The van der Waals surface area contributed by atoms with Gasteiger partial charge in [-0.25, -0.2) is 0 Å². The first-order valence-electron chi connectivity index (χ1n) is 10.3. The molecule has 0 aromatic heterocycles. The Bertz CT molecular complexity index is 912. The van der Waals surface area contributed by atoms with Gasteiger partial charge in [0.05, 0.1) is 11.3 Å². The van der Waals surface area contributed by atoms with E-state index >= 15 is 0 Å². The fourth-order valence-corrected chi connectivity index (χ4v) is 3.03. The van der Waals surface area contributed by atoms with Crippen molar-refractivity contribution < 1.29 is 14.4 Å². The van der Waals surface area contributed by atoms with Crippen molar-refractivity contribution in [3.8, 4) is 0 Å². The van der Waals surface area contributed by atoms with Crippen molar-refractivity contribution >= 4 is 29.1 Å². The molecular weight excluding hydrogens is 378 g/mol. The Morgan fingerprint density at radius 3 is 2.17 bits per heavy atom. The molecule has 0 fully saturated rings. The Balaban J connectivity index is 2.18. The van der Waals surface area contributed by atoms with Crippen molar-refractivity contribution in [2.75, 3.05) is 10.6 Å². The van der Waals surface area contributed by atoms with Gasteiger partial charge in [0.15, 0.2) is 0 Å². The molecule has 3 N–H and O–H groups in total. The lowest BCUT2D eigenvalue weighted by Crippen LogP contribution is -2.40. The van der Waals surface area contributed by atoms with E-state index in [-0.39, 0.29) is 23.6 Å². The molecule has 0 saturated heterocycles. The summed E-state index contributed by atoms with van der Waals surface area (Å²) in [6.07, 6.45) is 1.52. The second-order valence-corrected chi connectivity index (χ2v) is 8.29. The van der Waals surface area contributed by atoms with Gasteiger partial charge in [-0.1, -0.05) is 32.0 Å². The van der Waals surface area contributed by atoms with Crippen molar-refractivity contribution in [3.63, 3.8) is 0 Å². The summed E-state index contributed by atoms with van der Waals surface area (Å²) in [4.78, 5) is 37.7. The Morgan fingerprint density at radius 2 is 1.53 bits per heavy atom. The van der Waals surface area contributed by atoms with Crippen LogP contribution in [0.5, 0.6) is 0 Å². The molecule has 3 amide bonds. The Kier molecular flexibility index (Phi) is 7.75. The molecular formula is C24H31N3O3. The minimum absolute atomic E-state index is 0.0539. The van der Waals surface area contributed by atoms with Gasteiger partial charge in [0.25, 0.3) is 11.8 Å². The Hall–Kier alpha value is -3.15. The van der Waals surface area contributed by atoms with Gasteiger partial charge >= 0.3 is 0 Å². The molecule has 2 aromatic carbocycles. The Labute approximate surface area is 178 Å². The van der Waals surface area contributed by atoms with E-state index in [0.29, 0.717) is 22.5 Å². The molecule has 0 aliphatic rings. The van der Waals surface area contributed by atoms with Crippen LogP contribution in [0, 0.1) is 5.92 Å². The molecule has 6 heteroatoms. The molecule has 6 nitrogen and oxygen atoms in total. The summed E-state index contributed by atoms with van der Waals surface area (Å²) in [5.41, 5.74) is 1.38. The van der Waals surface area contributed by atoms with E-state index in [1.165, 1.54) is 0 Å². The lowest BCUT2D eigenvalue weighted by molar-refractivity contribution is -0.120. The third-order valence-electron chi connectivity index (χ3n) is 4.66. The maximum absolute atomic E-state index is 12.8. The number of carbonyl (C=O) groups excluding carboxylic acids is 3. The van der Waals surface area contributed by atoms with Crippen LogP contribution in [0.1, 0.15) is 68.2 Å². The standard InChI is InChI=1S/C24H31N3O3/c1-6-16(7-2)21(28)25-18-12-10-11-17(15-18)22(29)26-20-14-9-8-13-19(20)23(30)27-24(3,4)5/h8-16H,6-7H2,1-5H3,(H,25,28)(H,26,29)(H,27,30). The number of hydrogen-bond donors (Lipinski definition) is 3. The van der Waals surface area contributed by atoms with Gasteiger partial charge in [0.2, 0.25) is 5.91 Å². The fourth-order valence-electron chi connectivity index (χ4n) is 3.03. The van der Waals surface area contributed by atoms with Crippen molar-refractivity contribution in [2.24, 2.45) is 5.92 Å². The summed E-state index contributed by atoms with van der Waals surface area (Å²) in [5.74, 6) is -0.730. The normalized spacial score (nSPS) is 11.1. The molecule has 0 spiro atoms. The van der Waals surface area contributed by atoms with Crippen molar-refractivity contribution in [1.82, 2.24) is 5.32 Å². The highest BCUT2D eigenvalue weighted by molar-refractivity contribution is 6.09. The second-order valence-electron chi connectivity index (χ2n) is 8.29. The third kappa shape index (κ3) is 6.44. The fraction of sp³-hybridized carbons (Fsp3) is 0.375. The molecule has 0 unspecified atom stereocenters. The van der Waals surface area contributed by atoms with Crippen LogP contribution in [-0.2, 0) is 4.79 Å². The van der Waals surface area contributed by atoms with Gasteiger partial charge in [0, 0.05) is 22.7 Å². The number of para-hydroxylation sites is 1. The lowest BCUT2D eigenvalue weighted by Gasteiger charge is -2.21. The molecule has 2 rings (SSSR count). The Morgan fingerprint density at radius 1 is 0.867 bits per heavy atom. The van der Waals surface area contributed by atoms with E-state index < -0.39 is 5.54 Å². The number of benzene rings is 2. The van der Waals surface area contributed by atoms with Crippen molar-refractivity contribution in [2.45, 2.75) is 53.0 Å². The molecule has 30 heavy (non-hydrogen) atoms. The molecule has 160 valence electrons. The molecule has 2 aromatic rings. The van der Waals surface area contributed by atoms with Crippen LogP contribution >= 0.6 is 0 Å². The van der Waals surface area contributed by atoms with Gasteiger partial charge in [-0.3, -0.25) is 14.4 Å². The van der Waals surface area contributed by atoms with Crippen LogP contribution < -0.4 is 16.0 Å². The number of carbonyl (C=O) groups is 3. The maximum Gasteiger partial charge on any atom is 0.255 e. The van der Waals surface area contributed by atoms with Gasteiger partial charge < -0.3 is 16.0 Å². The summed E-state index contributed by atoms with van der Waals surface area (Å²) in [5, 5.41) is 8.59. The monoisotopic (exact) mass is 409 g/mol. The first kappa shape index (κ1) is 23.1.